The van der Waals surface area contributed by atoms with Gasteiger partial charge in [0.15, 0.2) is 0 Å². The van der Waals surface area contributed by atoms with E-state index >= 15 is 0 Å². The lowest BCUT2D eigenvalue weighted by Gasteiger charge is -2.11. The molecule has 0 radical (unpaired) electrons. The molecular formula is C14H14ClFN2O2. The summed E-state index contributed by atoms with van der Waals surface area (Å²) < 4.78 is 13.9. The Hall–Kier alpha value is -1.75. The Labute approximate surface area is 120 Å². The molecule has 6 heteroatoms. The van der Waals surface area contributed by atoms with Crippen LogP contribution >= 0.6 is 11.6 Å². The number of hydrogen-bond acceptors (Lipinski definition) is 3. The molecule has 0 spiro atoms. The third-order valence-electron chi connectivity index (χ3n) is 3.06. The average molecular weight is 297 g/mol. The van der Waals surface area contributed by atoms with E-state index in [4.69, 9.17) is 11.6 Å². The number of aromatic nitrogens is 1. The van der Waals surface area contributed by atoms with Crippen molar-refractivity contribution in [2.45, 2.75) is 27.2 Å². The van der Waals surface area contributed by atoms with Crippen molar-refractivity contribution in [2.75, 3.05) is 0 Å². The topological polar surface area (TPSA) is 56.0 Å². The average Bonchev–Trinajstić information content (AvgIpc) is 2.32. The van der Waals surface area contributed by atoms with Crippen molar-refractivity contribution < 1.29 is 9.31 Å². The SMILES string of the molecule is Cc1ccc(F)c2c(Cl)c([N+](=O)[O-])c(CC(C)C)nc12. The normalized spacial score (nSPS) is 11.3. The molecule has 0 amide bonds. The van der Waals surface area contributed by atoms with Crippen LogP contribution in [-0.2, 0) is 6.42 Å². The molecule has 2 aromatic rings. The molecule has 1 aromatic carbocycles. The molecule has 0 saturated carbocycles. The molecular weight excluding hydrogens is 283 g/mol. The van der Waals surface area contributed by atoms with Crippen molar-refractivity contribution >= 4 is 28.2 Å². The highest BCUT2D eigenvalue weighted by atomic mass is 35.5. The number of nitrogens with zero attached hydrogens (tertiary/aromatic N) is 2. The van der Waals surface area contributed by atoms with E-state index in [0.717, 1.165) is 5.56 Å². The van der Waals surface area contributed by atoms with Crippen molar-refractivity contribution in [2.24, 2.45) is 5.92 Å². The third kappa shape index (κ3) is 2.45. The number of pyridine rings is 1. The predicted molar refractivity (Wildman–Crippen MR) is 76.6 cm³/mol. The largest absolute Gasteiger partial charge is 0.309 e. The summed E-state index contributed by atoms with van der Waals surface area (Å²) in [6.07, 6.45) is 0.419. The monoisotopic (exact) mass is 296 g/mol. The van der Waals surface area contributed by atoms with Gasteiger partial charge in [-0.15, -0.1) is 0 Å². The first-order valence-electron chi connectivity index (χ1n) is 6.24. The molecule has 4 nitrogen and oxygen atoms in total. The van der Waals surface area contributed by atoms with Crippen LogP contribution < -0.4 is 0 Å². The summed E-state index contributed by atoms with van der Waals surface area (Å²) in [5, 5.41) is 11.1. The lowest BCUT2D eigenvalue weighted by molar-refractivity contribution is -0.385. The summed E-state index contributed by atoms with van der Waals surface area (Å²) in [6, 6.07) is 2.84. The maximum Gasteiger partial charge on any atom is 0.309 e. The Morgan fingerprint density at radius 1 is 1.45 bits per heavy atom. The van der Waals surface area contributed by atoms with Gasteiger partial charge in [0, 0.05) is 0 Å². The summed E-state index contributed by atoms with van der Waals surface area (Å²) in [6.45, 7) is 5.64. The molecule has 20 heavy (non-hydrogen) atoms. The molecule has 0 N–H and O–H groups in total. The second-order valence-electron chi connectivity index (χ2n) is 5.16. The van der Waals surface area contributed by atoms with E-state index < -0.39 is 10.7 Å². The van der Waals surface area contributed by atoms with E-state index in [1.165, 1.54) is 6.07 Å². The smallest absolute Gasteiger partial charge is 0.258 e. The summed E-state index contributed by atoms with van der Waals surface area (Å²) in [5.41, 5.74) is 1.13. The Morgan fingerprint density at radius 3 is 2.65 bits per heavy atom. The van der Waals surface area contributed by atoms with Crippen LogP contribution in [0.15, 0.2) is 12.1 Å². The van der Waals surface area contributed by atoms with Crippen LogP contribution in [0.2, 0.25) is 5.02 Å². The highest BCUT2D eigenvalue weighted by molar-refractivity contribution is 6.37. The number of nitro groups is 1. The molecule has 0 aliphatic heterocycles. The molecule has 0 unspecified atom stereocenters. The first-order valence-corrected chi connectivity index (χ1v) is 6.62. The Morgan fingerprint density at radius 2 is 2.10 bits per heavy atom. The second kappa shape index (κ2) is 5.32. The van der Waals surface area contributed by atoms with Crippen LogP contribution in [0.5, 0.6) is 0 Å². The van der Waals surface area contributed by atoms with Crippen LogP contribution in [0.4, 0.5) is 10.1 Å². The zero-order valence-corrected chi connectivity index (χ0v) is 12.2. The lowest BCUT2D eigenvalue weighted by atomic mass is 10.0. The van der Waals surface area contributed by atoms with Crippen molar-refractivity contribution in [3.8, 4) is 0 Å². The predicted octanol–water partition coefficient (Wildman–Crippen LogP) is 4.44. The molecule has 0 aliphatic rings. The van der Waals surface area contributed by atoms with Gasteiger partial charge in [0.2, 0.25) is 0 Å². The van der Waals surface area contributed by atoms with Gasteiger partial charge in [-0.2, -0.15) is 0 Å². The van der Waals surface area contributed by atoms with Gasteiger partial charge in [-0.25, -0.2) is 9.37 Å². The van der Waals surface area contributed by atoms with Gasteiger partial charge < -0.3 is 0 Å². The number of benzene rings is 1. The maximum absolute atomic E-state index is 13.9. The van der Waals surface area contributed by atoms with Crippen LogP contribution in [-0.4, -0.2) is 9.91 Å². The maximum atomic E-state index is 13.9. The van der Waals surface area contributed by atoms with Crippen LogP contribution in [0, 0.1) is 28.8 Å². The Bertz CT molecular complexity index is 701. The fourth-order valence-corrected chi connectivity index (χ4v) is 2.53. The zero-order chi connectivity index (χ0) is 15.0. The van der Waals surface area contributed by atoms with E-state index in [9.17, 15) is 14.5 Å². The fourth-order valence-electron chi connectivity index (χ4n) is 2.17. The molecule has 106 valence electrons. The molecule has 0 aliphatic carbocycles. The number of rotatable bonds is 3. The van der Waals surface area contributed by atoms with E-state index in [-0.39, 0.29) is 22.0 Å². The van der Waals surface area contributed by atoms with Crippen molar-refractivity contribution in [1.82, 2.24) is 4.98 Å². The molecule has 0 fully saturated rings. The summed E-state index contributed by atoms with van der Waals surface area (Å²) in [4.78, 5) is 14.9. The van der Waals surface area contributed by atoms with Gasteiger partial charge >= 0.3 is 5.69 Å². The van der Waals surface area contributed by atoms with Crippen LogP contribution in [0.3, 0.4) is 0 Å². The fraction of sp³-hybridized carbons (Fsp3) is 0.357. The van der Waals surface area contributed by atoms with E-state index in [0.29, 0.717) is 17.6 Å². The number of aryl methyl sites for hydroxylation is 1. The van der Waals surface area contributed by atoms with Gasteiger partial charge in [0.1, 0.15) is 16.5 Å². The molecule has 2 rings (SSSR count). The molecule has 0 saturated heterocycles. The number of halogens is 2. The summed E-state index contributed by atoms with van der Waals surface area (Å²) in [5.74, 6) is -0.411. The van der Waals surface area contributed by atoms with Gasteiger partial charge in [0.25, 0.3) is 0 Å². The van der Waals surface area contributed by atoms with Gasteiger partial charge in [-0.05, 0) is 30.9 Å². The van der Waals surface area contributed by atoms with E-state index in [1.807, 2.05) is 13.8 Å². The highest BCUT2D eigenvalue weighted by Crippen LogP contribution is 2.37. The summed E-state index contributed by atoms with van der Waals surface area (Å²) >= 11 is 6.08. The first-order chi connectivity index (χ1) is 9.32. The van der Waals surface area contributed by atoms with Gasteiger partial charge in [0.05, 0.1) is 15.8 Å². The summed E-state index contributed by atoms with van der Waals surface area (Å²) in [7, 11) is 0. The van der Waals surface area contributed by atoms with Crippen LogP contribution in [0.25, 0.3) is 10.9 Å². The van der Waals surface area contributed by atoms with Crippen molar-refractivity contribution in [3.63, 3.8) is 0 Å². The molecule has 1 heterocycles. The number of fused-ring (bicyclic) bond motifs is 1. The second-order valence-corrected chi connectivity index (χ2v) is 5.54. The van der Waals surface area contributed by atoms with Gasteiger partial charge in [-0.3, -0.25) is 10.1 Å². The molecule has 1 aromatic heterocycles. The standard InChI is InChI=1S/C14H14ClFN2O2/c1-7(2)6-10-14(18(19)20)12(15)11-9(16)5-4-8(3)13(11)17-10/h4-5,7H,6H2,1-3H3. The third-order valence-corrected chi connectivity index (χ3v) is 3.43. The highest BCUT2D eigenvalue weighted by Gasteiger charge is 2.26. The minimum absolute atomic E-state index is 0.0193. The van der Waals surface area contributed by atoms with Gasteiger partial charge in [-0.1, -0.05) is 31.5 Å². The minimum atomic E-state index is -0.595. The zero-order valence-electron chi connectivity index (χ0n) is 11.4. The number of hydrogen-bond donors (Lipinski definition) is 0. The quantitative estimate of drug-likeness (QED) is 0.621. The van der Waals surface area contributed by atoms with E-state index in [1.54, 1.807) is 13.0 Å². The molecule has 0 atom stereocenters. The molecule has 0 bridgehead atoms. The van der Waals surface area contributed by atoms with Crippen molar-refractivity contribution in [3.05, 3.63) is 44.3 Å². The van der Waals surface area contributed by atoms with Crippen molar-refractivity contribution in [1.29, 1.82) is 0 Å². The Kier molecular flexibility index (Phi) is 3.90. The minimum Gasteiger partial charge on any atom is -0.258 e. The first kappa shape index (κ1) is 14.7. The van der Waals surface area contributed by atoms with E-state index in [2.05, 4.69) is 4.98 Å². The Balaban J connectivity index is 2.89. The van der Waals surface area contributed by atoms with Crippen LogP contribution in [0.1, 0.15) is 25.1 Å². The lowest BCUT2D eigenvalue weighted by Crippen LogP contribution is -2.05.